The van der Waals surface area contributed by atoms with Gasteiger partial charge in [0.15, 0.2) is 0 Å². The van der Waals surface area contributed by atoms with Gasteiger partial charge in [-0.15, -0.1) is 0 Å². The number of nitrogens with one attached hydrogen (secondary N) is 1. The van der Waals surface area contributed by atoms with Gasteiger partial charge >= 0.3 is 18.1 Å². The zero-order valence-electron chi connectivity index (χ0n) is 10.9. The molecule has 0 heterocycles. The summed E-state index contributed by atoms with van der Waals surface area (Å²) >= 11 is 0. The molecule has 0 aliphatic heterocycles. The molecule has 0 radical (unpaired) electrons. The van der Waals surface area contributed by atoms with E-state index >= 15 is 0 Å². The molecule has 0 fully saturated rings. The van der Waals surface area contributed by atoms with Gasteiger partial charge in [0, 0.05) is 5.69 Å². The second kappa shape index (κ2) is 5.94. The van der Waals surface area contributed by atoms with Crippen molar-refractivity contribution >= 4 is 17.6 Å². The Hall–Kier alpha value is -2.05. The zero-order valence-corrected chi connectivity index (χ0v) is 10.9. The van der Waals surface area contributed by atoms with Crippen LogP contribution in [0.1, 0.15) is 29.8 Å². The van der Waals surface area contributed by atoms with Crippen LogP contribution in [0, 0.1) is 5.92 Å². The molecule has 0 spiro atoms. The summed E-state index contributed by atoms with van der Waals surface area (Å²) < 4.78 is 36.7. The summed E-state index contributed by atoms with van der Waals surface area (Å²) in [4.78, 5) is 21.8. The van der Waals surface area contributed by atoms with Crippen molar-refractivity contribution in [2.45, 2.75) is 26.4 Å². The van der Waals surface area contributed by atoms with Crippen LogP contribution in [0.4, 0.5) is 18.9 Å². The minimum atomic E-state index is -4.99. The van der Waals surface area contributed by atoms with Crippen molar-refractivity contribution in [1.82, 2.24) is 0 Å². The normalized spacial score (nSPS) is 11.5. The van der Waals surface area contributed by atoms with E-state index in [0.717, 1.165) is 6.07 Å². The zero-order chi connectivity index (χ0) is 15.5. The molecule has 7 heteroatoms. The van der Waals surface area contributed by atoms with Gasteiger partial charge < -0.3 is 10.4 Å². The van der Waals surface area contributed by atoms with Gasteiger partial charge in [-0.1, -0.05) is 13.8 Å². The third kappa shape index (κ3) is 4.25. The third-order valence-corrected chi connectivity index (χ3v) is 2.49. The Morgan fingerprint density at radius 1 is 1.30 bits per heavy atom. The van der Waals surface area contributed by atoms with Crippen LogP contribution < -0.4 is 5.32 Å². The van der Waals surface area contributed by atoms with E-state index in [4.69, 9.17) is 5.11 Å². The van der Waals surface area contributed by atoms with Crippen molar-refractivity contribution in [3.8, 4) is 0 Å². The molecule has 2 N–H and O–H groups in total. The maximum absolute atomic E-state index is 12.2. The standard InChI is InChI=1S/C13H14F3NO3/c1-7(2)5-9-6-8(11(18)19)3-4-10(9)17-12(20)13(14,15)16/h3-4,6-7H,5H2,1-2H3,(H,17,20)(H,18,19). The number of carboxylic acids is 1. The van der Waals surface area contributed by atoms with Crippen LogP contribution in [0.25, 0.3) is 0 Å². The van der Waals surface area contributed by atoms with Crippen LogP contribution in [-0.2, 0) is 11.2 Å². The van der Waals surface area contributed by atoms with Gasteiger partial charge in [0.1, 0.15) is 0 Å². The predicted molar refractivity (Wildman–Crippen MR) is 66.6 cm³/mol. The molecule has 1 amide bonds. The first kappa shape index (κ1) is 16.0. The van der Waals surface area contributed by atoms with Crippen molar-refractivity contribution in [1.29, 1.82) is 0 Å². The lowest BCUT2D eigenvalue weighted by Crippen LogP contribution is -2.30. The Balaban J connectivity index is 3.11. The summed E-state index contributed by atoms with van der Waals surface area (Å²) in [5, 5.41) is 10.6. The summed E-state index contributed by atoms with van der Waals surface area (Å²) in [6, 6.07) is 3.59. The lowest BCUT2D eigenvalue weighted by molar-refractivity contribution is -0.167. The van der Waals surface area contributed by atoms with Crippen molar-refractivity contribution in [2.75, 3.05) is 5.32 Å². The van der Waals surface area contributed by atoms with Crippen LogP contribution >= 0.6 is 0 Å². The third-order valence-electron chi connectivity index (χ3n) is 2.49. The monoisotopic (exact) mass is 289 g/mol. The number of carbonyl (C=O) groups is 2. The molecule has 0 saturated heterocycles. The molecule has 0 aromatic heterocycles. The molecule has 0 aliphatic rings. The van der Waals surface area contributed by atoms with Crippen LogP contribution in [0.2, 0.25) is 0 Å². The van der Waals surface area contributed by atoms with Gasteiger partial charge in [-0.3, -0.25) is 4.79 Å². The highest BCUT2D eigenvalue weighted by Gasteiger charge is 2.39. The molecular formula is C13H14F3NO3. The Morgan fingerprint density at radius 2 is 1.90 bits per heavy atom. The number of hydrogen-bond donors (Lipinski definition) is 2. The van der Waals surface area contributed by atoms with Crippen molar-refractivity contribution < 1.29 is 27.9 Å². The first-order valence-corrected chi connectivity index (χ1v) is 5.85. The van der Waals surface area contributed by atoms with E-state index in [9.17, 15) is 22.8 Å². The number of hydrogen-bond acceptors (Lipinski definition) is 2. The number of amides is 1. The minimum Gasteiger partial charge on any atom is -0.478 e. The summed E-state index contributed by atoms with van der Waals surface area (Å²) in [6.07, 6.45) is -4.63. The Bertz CT molecular complexity index is 524. The van der Waals surface area contributed by atoms with Crippen molar-refractivity contribution in [3.05, 3.63) is 29.3 Å². The van der Waals surface area contributed by atoms with E-state index in [1.54, 1.807) is 5.32 Å². The smallest absolute Gasteiger partial charge is 0.471 e. The molecule has 1 rings (SSSR count). The Kier molecular flexibility index (Phi) is 4.75. The molecule has 0 saturated carbocycles. The van der Waals surface area contributed by atoms with Gasteiger partial charge in [-0.05, 0) is 36.1 Å². The number of aromatic carboxylic acids is 1. The second-order valence-electron chi connectivity index (χ2n) is 4.73. The van der Waals surface area contributed by atoms with Crippen LogP contribution in [0.5, 0.6) is 0 Å². The van der Waals surface area contributed by atoms with E-state index in [0.29, 0.717) is 12.0 Å². The molecule has 1 aromatic carbocycles. The van der Waals surface area contributed by atoms with Gasteiger partial charge in [0.25, 0.3) is 0 Å². The Labute approximate surface area is 113 Å². The number of carboxylic acid groups (broad SMARTS) is 1. The maximum Gasteiger partial charge on any atom is 0.471 e. The predicted octanol–water partition coefficient (Wildman–Crippen LogP) is 3.08. The molecule has 1 aromatic rings. The molecule has 0 bridgehead atoms. The number of rotatable bonds is 4. The fourth-order valence-corrected chi connectivity index (χ4v) is 1.65. The maximum atomic E-state index is 12.2. The van der Waals surface area contributed by atoms with Gasteiger partial charge in [-0.25, -0.2) is 4.79 Å². The quantitative estimate of drug-likeness (QED) is 0.895. The summed E-state index contributed by atoms with van der Waals surface area (Å²) in [6.45, 7) is 3.67. The van der Waals surface area contributed by atoms with Crippen LogP contribution in [0.15, 0.2) is 18.2 Å². The molecule has 0 atom stereocenters. The van der Waals surface area contributed by atoms with E-state index in [2.05, 4.69) is 0 Å². The molecule has 4 nitrogen and oxygen atoms in total. The number of alkyl halides is 3. The number of halogens is 3. The molecule has 0 aliphatic carbocycles. The highest BCUT2D eigenvalue weighted by molar-refractivity contribution is 5.96. The van der Waals surface area contributed by atoms with E-state index in [1.165, 1.54) is 12.1 Å². The number of carbonyl (C=O) groups excluding carboxylic acids is 1. The van der Waals surface area contributed by atoms with Crippen molar-refractivity contribution in [2.24, 2.45) is 5.92 Å². The van der Waals surface area contributed by atoms with Gasteiger partial charge in [0.2, 0.25) is 0 Å². The van der Waals surface area contributed by atoms with Gasteiger partial charge in [-0.2, -0.15) is 13.2 Å². The highest BCUT2D eigenvalue weighted by Crippen LogP contribution is 2.24. The van der Waals surface area contributed by atoms with E-state index in [1.807, 2.05) is 13.8 Å². The van der Waals surface area contributed by atoms with Gasteiger partial charge in [0.05, 0.1) is 5.56 Å². The van der Waals surface area contributed by atoms with E-state index in [-0.39, 0.29) is 17.2 Å². The summed E-state index contributed by atoms with van der Waals surface area (Å²) in [7, 11) is 0. The topological polar surface area (TPSA) is 66.4 Å². The largest absolute Gasteiger partial charge is 0.478 e. The second-order valence-corrected chi connectivity index (χ2v) is 4.73. The highest BCUT2D eigenvalue weighted by atomic mass is 19.4. The van der Waals surface area contributed by atoms with Crippen LogP contribution in [-0.4, -0.2) is 23.2 Å². The van der Waals surface area contributed by atoms with Crippen LogP contribution in [0.3, 0.4) is 0 Å². The van der Waals surface area contributed by atoms with Crippen molar-refractivity contribution in [3.63, 3.8) is 0 Å². The van der Waals surface area contributed by atoms with E-state index < -0.39 is 18.1 Å². The molecule has 0 unspecified atom stereocenters. The minimum absolute atomic E-state index is 0.0222. The molecular weight excluding hydrogens is 275 g/mol. The average Bonchev–Trinajstić information content (AvgIpc) is 2.28. The number of anilines is 1. The lowest BCUT2D eigenvalue weighted by atomic mass is 9.99. The summed E-state index contributed by atoms with van der Waals surface area (Å²) in [5.41, 5.74) is 0.300. The first-order valence-electron chi connectivity index (χ1n) is 5.85. The molecule has 110 valence electrons. The fraction of sp³-hybridized carbons (Fsp3) is 0.385. The summed E-state index contributed by atoms with van der Waals surface area (Å²) in [5.74, 6) is -3.16. The first-order chi connectivity index (χ1) is 9.11. The SMILES string of the molecule is CC(C)Cc1cc(C(=O)O)ccc1NC(=O)C(F)(F)F. The fourth-order valence-electron chi connectivity index (χ4n) is 1.65. The molecule has 20 heavy (non-hydrogen) atoms. The average molecular weight is 289 g/mol. The Morgan fingerprint density at radius 3 is 2.35 bits per heavy atom. The number of benzene rings is 1. The lowest BCUT2D eigenvalue weighted by Gasteiger charge is -2.14.